The third kappa shape index (κ3) is 2.61. The van der Waals surface area contributed by atoms with Crippen molar-refractivity contribution in [2.75, 3.05) is 0 Å². The number of halogens is 1. The number of hydrogen-bond acceptors (Lipinski definition) is 2. The highest BCUT2D eigenvalue weighted by molar-refractivity contribution is 9.10. The molecule has 0 unspecified atom stereocenters. The fourth-order valence-corrected chi connectivity index (χ4v) is 2.25. The van der Waals surface area contributed by atoms with E-state index in [0.717, 1.165) is 32.6 Å². The molecule has 3 rings (SSSR count). The molecule has 0 saturated carbocycles. The van der Waals surface area contributed by atoms with E-state index in [-0.39, 0.29) is 0 Å². The largest absolute Gasteiger partial charge is 0.457 e. The zero-order chi connectivity index (χ0) is 13.2. The summed E-state index contributed by atoms with van der Waals surface area (Å²) in [6.07, 6.45) is 0. The molecule has 2 nitrogen and oxygen atoms in total. The minimum Gasteiger partial charge on any atom is -0.457 e. The molecule has 2 aromatic carbocycles. The number of aryl methyl sites for hydroxylation is 1. The van der Waals surface area contributed by atoms with Crippen LogP contribution in [0.5, 0.6) is 11.5 Å². The van der Waals surface area contributed by atoms with Gasteiger partial charge in [0.1, 0.15) is 11.5 Å². The van der Waals surface area contributed by atoms with Gasteiger partial charge in [0.15, 0.2) is 0 Å². The monoisotopic (exact) mass is 313 g/mol. The Hall–Kier alpha value is -1.87. The van der Waals surface area contributed by atoms with E-state index in [4.69, 9.17) is 4.74 Å². The van der Waals surface area contributed by atoms with Crippen molar-refractivity contribution in [3.05, 3.63) is 64.8 Å². The van der Waals surface area contributed by atoms with Crippen molar-refractivity contribution in [3.8, 4) is 11.5 Å². The van der Waals surface area contributed by atoms with Gasteiger partial charge in [0.2, 0.25) is 0 Å². The number of para-hydroxylation sites is 1. The van der Waals surface area contributed by atoms with Crippen LogP contribution in [0.3, 0.4) is 0 Å². The minimum atomic E-state index is 0.818. The third-order valence-electron chi connectivity index (χ3n) is 2.85. The van der Waals surface area contributed by atoms with Crippen LogP contribution < -0.4 is 4.74 Å². The normalized spacial score (nSPS) is 10.6. The van der Waals surface area contributed by atoms with Gasteiger partial charge in [-0.05, 0) is 43.3 Å². The highest BCUT2D eigenvalue weighted by Crippen LogP contribution is 2.30. The van der Waals surface area contributed by atoms with Gasteiger partial charge in [-0.15, -0.1) is 0 Å². The predicted octanol–water partition coefficient (Wildman–Crippen LogP) is 5.10. The molecule has 19 heavy (non-hydrogen) atoms. The molecule has 0 aliphatic heterocycles. The number of fused-ring (bicyclic) bond motifs is 1. The minimum absolute atomic E-state index is 0.818. The van der Waals surface area contributed by atoms with Crippen molar-refractivity contribution in [3.63, 3.8) is 0 Å². The van der Waals surface area contributed by atoms with Gasteiger partial charge in [0.25, 0.3) is 0 Å². The second kappa shape index (κ2) is 5.02. The van der Waals surface area contributed by atoms with Gasteiger partial charge in [0, 0.05) is 21.6 Å². The first kappa shape index (κ1) is 12.2. The molecule has 0 aliphatic rings. The Bertz CT molecular complexity index is 722. The average Bonchev–Trinajstić information content (AvgIpc) is 2.41. The summed E-state index contributed by atoms with van der Waals surface area (Å²) < 4.78 is 7.00. The first-order valence-corrected chi connectivity index (χ1v) is 6.81. The maximum atomic E-state index is 5.97. The second-order valence-electron chi connectivity index (χ2n) is 4.33. The van der Waals surface area contributed by atoms with Gasteiger partial charge in [-0.3, -0.25) is 4.98 Å². The van der Waals surface area contributed by atoms with E-state index >= 15 is 0 Å². The number of aromatic nitrogens is 1. The Morgan fingerprint density at radius 3 is 2.53 bits per heavy atom. The van der Waals surface area contributed by atoms with Crippen molar-refractivity contribution in [1.29, 1.82) is 0 Å². The van der Waals surface area contributed by atoms with Crippen molar-refractivity contribution in [2.45, 2.75) is 6.92 Å². The molecule has 0 bridgehead atoms. The number of rotatable bonds is 2. The molecule has 0 saturated heterocycles. The Labute approximate surface area is 120 Å². The van der Waals surface area contributed by atoms with Gasteiger partial charge >= 0.3 is 0 Å². The molecule has 94 valence electrons. The molecule has 0 aliphatic carbocycles. The number of hydrogen-bond donors (Lipinski definition) is 0. The zero-order valence-electron chi connectivity index (χ0n) is 10.4. The van der Waals surface area contributed by atoms with Gasteiger partial charge in [-0.1, -0.05) is 28.1 Å². The Kier molecular flexibility index (Phi) is 3.22. The van der Waals surface area contributed by atoms with E-state index in [9.17, 15) is 0 Å². The van der Waals surface area contributed by atoms with Crippen LogP contribution in [-0.4, -0.2) is 4.98 Å². The molecule has 0 N–H and O–H groups in total. The summed E-state index contributed by atoms with van der Waals surface area (Å²) >= 11 is 3.42. The predicted molar refractivity (Wildman–Crippen MR) is 80.7 cm³/mol. The molecule has 0 fully saturated rings. The molecule has 0 amide bonds. The summed E-state index contributed by atoms with van der Waals surface area (Å²) in [7, 11) is 0. The standard InChI is InChI=1S/C16H12BrNO/c1-11-10-16(14-4-2-3-5-15(14)18-11)19-13-8-6-12(17)7-9-13/h2-10H,1H3. The summed E-state index contributed by atoms with van der Waals surface area (Å²) in [4.78, 5) is 4.50. The zero-order valence-corrected chi connectivity index (χ0v) is 12.0. The van der Waals surface area contributed by atoms with Crippen LogP contribution in [0.4, 0.5) is 0 Å². The van der Waals surface area contributed by atoms with E-state index in [1.807, 2.05) is 61.5 Å². The Balaban J connectivity index is 2.07. The van der Waals surface area contributed by atoms with Crippen LogP contribution in [0, 0.1) is 6.92 Å². The van der Waals surface area contributed by atoms with Crippen LogP contribution in [-0.2, 0) is 0 Å². The van der Waals surface area contributed by atoms with Crippen molar-refractivity contribution in [2.24, 2.45) is 0 Å². The summed E-state index contributed by atoms with van der Waals surface area (Å²) in [5, 5.41) is 1.02. The first-order chi connectivity index (χ1) is 9.22. The van der Waals surface area contributed by atoms with E-state index < -0.39 is 0 Å². The molecular weight excluding hydrogens is 302 g/mol. The Morgan fingerprint density at radius 1 is 1.00 bits per heavy atom. The number of benzene rings is 2. The molecule has 3 heteroatoms. The molecule has 3 aromatic rings. The topological polar surface area (TPSA) is 22.1 Å². The smallest absolute Gasteiger partial charge is 0.138 e. The van der Waals surface area contributed by atoms with Gasteiger partial charge in [-0.25, -0.2) is 0 Å². The molecule has 0 spiro atoms. The van der Waals surface area contributed by atoms with E-state index in [2.05, 4.69) is 20.9 Å². The van der Waals surface area contributed by atoms with Crippen molar-refractivity contribution >= 4 is 26.8 Å². The van der Waals surface area contributed by atoms with Crippen molar-refractivity contribution < 1.29 is 4.74 Å². The highest BCUT2D eigenvalue weighted by Gasteiger charge is 2.05. The quantitative estimate of drug-likeness (QED) is 0.656. The average molecular weight is 314 g/mol. The Morgan fingerprint density at radius 2 is 1.74 bits per heavy atom. The van der Waals surface area contributed by atoms with Gasteiger partial charge in [-0.2, -0.15) is 0 Å². The lowest BCUT2D eigenvalue weighted by atomic mass is 10.2. The first-order valence-electron chi connectivity index (χ1n) is 6.02. The van der Waals surface area contributed by atoms with Crippen LogP contribution in [0.1, 0.15) is 5.69 Å². The lowest BCUT2D eigenvalue weighted by Crippen LogP contribution is -1.90. The molecular formula is C16H12BrNO. The summed E-state index contributed by atoms with van der Waals surface area (Å²) in [5.74, 6) is 1.66. The fraction of sp³-hybridized carbons (Fsp3) is 0.0625. The lowest BCUT2D eigenvalue weighted by molar-refractivity contribution is 0.487. The van der Waals surface area contributed by atoms with Crippen LogP contribution in [0.2, 0.25) is 0 Å². The summed E-state index contributed by atoms with van der Waals surface area (Å²) in [6, 6.07) is 17.8. The third-order valence-corrected chi connectivity index (χ3v) is 3.38. The second-order valence-corrected chi connectivity index (χ2v) is 5.25. The van der Waals surface area contributed by atoms with Gasteiger partial charge < -0.3 is 4.74 Å². The molecule has 0 atom stereocenters. The number of pyridine rings is 1. The van der Waals surface area contributed by atoms with Crippen LogP contribution in [0.15, 0.2) is 59.1 Å². The van der Waals surface area contributed by atoms with Crippen molar-refractivity contribution in [1.82, 2.24) is 4.98 Å². The summed E-state index contributed by atoms with van der Waals surface area (Å²) in [6.45, 7) is 1.97. The maximum absolute atomic E-state index is 5.97. The SMILES string of the molecule is Cc1cc(Oc2ccc(Br)cc2)c2ccccc2n1. The lowest BCUT2D eigenvalue weighted by Gasteiger charge is -2.09. The maximum Gasteiger partial charge on any atom is 0.138 e. The van der Waals surface area contributed by atoms with E-state index in [0.29, 0.717) is 0 Å². The van der Waals surface area contributed by atoms with E-state index in [1.165, 1.54) is 0 Å². The van der Waals surface area contributed by atoms with E-state index in [1.54, 1.807) is 0 Å². The van der Waals surface area contributed by atoms with Crippen LogP contribution in [0.25, 0.3) is 10.9 Å². The summed E-state index contributed by atoms with van der Waals surface area (Å²) in [5.41, 5.74) is 1.90. The fourth-order valence-electron chi connectivity index (χ4n) is 1.98. The van der Waals surface area contributed by atoms with Gasteiger partial charge in [0.05, 0.1) is 5.52 Å². The number of ether oxygens (including phenoxy) is 1. The molecule has 1 heterocycles. The van der Waals surface area contributed by atoms with Crippen LogP contribution >= 0.6 is 15.9 Å². The number of nitrogens with zero attached hydrogens (tertiary/aromatic N) is 1. The molecule has 0 radical (unpaired) electrons. The highest BCUT2D eigenvalue weighted by atomic mass is 79.9. The molecule has 1 aromatic heterocycles.